The van der Waals surface area contributed by atoms with Gasteiger partial charge in [0.15, 0.2) is 0 Å². The molecule has 0 atom stereocenters. The van der Waals surface area contributed by atoms with E-state index in [9.17, 15) is 4.79 Å². The number of imidazole rings is 1. The van der Waals surface area contributed by atoms with Gasteiger partial charge in [0.1, 0.15) is 11.4 Å². The van der Waals surface area contributed by atoms with Gasteiger partial charge in [0.05, 0.1) is 17.4 Å². The second-order valence-corrected chi connectivity index (χ2v) is 7.49. The van der Waals surface area contributed by atoms with Crippen LogP contribution in [0.15, 0.2) is 48.8 Å². The molecule has 2 aromatic heterocycles. The maximum absolute atomic E-state index is 12.9. The summed E-state index contributed by atoms with van der Waals surface area (Å²) in [6.07, 6.45) is 6.00. The summed E-state index contributed by atoms with van der Waals surface area (Å²) in [4.78, 5) is 17.7. The molecular formula is C22H26N4O2. The Balaban J connectivity index is 1.69. The minimum atomic E-state index is -0.194. The zero-order valence-corrected chi connectivity index (χ0v) is 16.3. The van der Waals surface area contributed by atoms with E-state index >= 15 is 0 Å². The summed E-state index contributed by atoms with van der Waals surface area (Å²) >= 11 is 0. The van der Waals surface area contributed by atoms with Gasteiger partial charge in [-0.05, 0) is 51.9 Å². The van der Waals surface area contributed by atoms with Gasteiger partial charge < -0.3 is 19.8 Å². The van der Waals surface area contributed by atoms with Gasteiger partial charge in [-0.1, -0.05) is 18.2 Å². The van der Waals surface area contributed by atoms with Crippen LogP contribution in [0.2, 0.25) is 0 Å². The summed E-state index contributed by atoms with van der Waals surface area (Å²) in [5, 5.41) is 6.33. The molecule has 1 amide bonds. The van der Waals surface area contributed by atoms with E-state index in [1.165, 1.54) is 0 Å². The molecular weight excluding hydrogens is 352 g/mol. The fourth-order valence-electron chi connectivity index (χ4n) is 3.59. The highest BCUT2D eigenvalue weighted by molar-refractivity contribution is 6.06. The SMILES string of the molecule is CC(C)Oc1cc2nc(C3CCNCC3)cn2cc1C(=O)Nc1ccccc1. The Hall–Kier alpha value is -2.86. The highest BCUT2D eigenvalue weighted by Crippen LogP contribution is 2.28. The lowest BCUT2D eigenvalue weighted by molar-refractivity contribution is 0.102. The molecule has 1 saturated heterocycles. The van der Waals surface area contributed by atoms with E-state index in [-0.39, 0.29) is 12.0 Å². The normalized spacial score (nSPS) is 15.1. The Morgan fingerprint density at radius 2 is 1.96 bits per heavy atom. The van der Waals surface area contributed by atoms with Crippen LogP contribution >= 0.6 is 0 Å². The third-order valence-electron chi connectivity index (χ3n) is 4.97. The Morgan fingerprint density at radius 3 is 2.68 bits per heavy atom. The molecule has 1 aliphatic rings. The number of hydrogen-bond acceptors (Lipinski definition) is 4. The standard InChI is InChI=1S/C22H26N4O2/c1-15(2)28-20-12-21-25-19(16-8-10-23-11-9-16)14-26(21)13-18(20)22(27)24-17-6-4-3-5-7-17/h3-7,12-16,23H,8-11H2,1-2H3,(H,24,27). The largest absolute Gasteiger partial charge is 0.490 e. The molecule has 1 aliphatic heterocycles. The first-order valence-corrected chi connectivity index (χ1v) is 9.86. The second-order valence-electron chi connectivity index (χ2n) is 7.49. The molecule has 6 nitrogen and oxygen atoms in total. The topological polar surface area (TPSA) is 67.7 Å². The Kier molecular flexibility index (Phi) is 5.30. The van der Waals surface area contributed by atoms with Gasteiger partial charge in [-0.2, -0.15) is 0 Å². The van der Waals surface area contributed by atoms with Gasteiger partial charge in [0, 0.05) is 30.1 Å². The zero-order chi connectivity index (χ0) is 19.5. The van der Waals surface area contributed by atoms with Crippen LogP contribution in [0.3, 0.4) is 0 Å². The molecule has 0 unspecified atom stereocenters. The minimum Gasteiger partial charge on any atom is -0.490 e. The van der Waals surface area contributed by atoms with Crippen LogP contribution in [-0.4, -0.2) is 34.5 Å². The number of pyridine rings is 1. The van der Waals surface area contributed by atoms with Crippen molar-refractivity contribution in [1.29, 1.82) is 0 Å². The molecule has 0 bridgehead atoms. The van der Waals surface area contributed by atoms with E-state index < -0.39 is 0 Å². The third kappa shape index (κ3) is 4.02. The number of nitrogens with one attached hydrogen (secondary N) is 2. The second kappa shape index (κ2) is 8.02. The third-order valence-corrected chi connectivity index (χ3v) is 4.97. The van der Waals surface area contributed by atoms with Gasteiger partial charge in [-0.25, -0.2) is 4.98 Å². The maximum atomic E-state index is 12.9. The molecule has 4 rings (SSSR count). The Morgan fingerprint density at radius 1 is 1.21 bits per heavy atom. The number of anilines is 1. The van der Waals surface area contributed by atoms with Crippen molar-refractivity contribution in [2.45, 2.75) is 38.7 Å². The van der Waals surface area contributed by atoms with E-state index in [1.807, 2.05) is 67.0 Å². The van der Waals surface area contributed by atoms with Crippen molar-refractivity contribution >= 4 is 17.2 Å². The molecule has 3 aromatic rings. The summed E-state index contributed by atoms with van der Waals surface area (Å²) in [6.45, 7) is 5.94. The van der Waals surface area contributed by atoms with Gasteiger partial charge in [-0.15, -0.1) is 0 Å². The van der Waals surface area contributed by atoms with E-state index in [1.54, 1.807) is 0 Å². The zero-order valence-electron chi connectivity index (χ0n) is 16.3. The molecule has 28 heavy (non-hydrogen) atoms. The van der Waals surface area contributed by atoms with Crippen molar-refractivity contribution in [3.8, 4) is 5.75 Å². The smallest absolute Gasteiger partial charge is 0.260 e. The number of piperidine rings is 1. The predicted octanol–water partition coefficient (Wildman–Crippen LogP) is 3.84. The lowest BCUT2D eigenvalue weighted by atomic mass is 9.95. The molecule has 1 fully saturated rings. The summed E-state index contributed by atoms with van der Waals surface area (Å²) < 4.78 is 7.88. The highest BCUT2D eigenvalue weighted by atomic mass is 16.5. The Labute approximate surface area is 164 Å². The van der Waals surface area contributed by atoms with Crippen LogP contribution in [0.4, 0.5) is 5.69 Å². The van der Waals surface area contributed by atoms with Crippen LogP contribution in [0, 0.1) is 0 Å². The van der Waals surface area contributed by atoms with Crippen molar-refractivity contribution in [2.75, 3.05) is 18.4 Å². The number of nitrogens with zero attached hydrogens (tertiary/aromatic N) is 2. The highest BCUT2D eigenvalue weighted by Gasteiger charge is 2.21. The average Bonchev–Trinajstić information content (AvgIpc) is 3.11. The number of amides is 1. The molecule has 6 heteroatoms. The number of ether oxygens (including phenoxy) is 1. The predicted molar refractivity (Wildman–Crippen MR) is 110 cm³/mol. The first kappa shape index (κ1) is 18.5. The fraction of sp³-hybridized carbons (Fsp3) is 0.364. The molecule has 0 spiro atoms. The van der Waals surface area contributed by atoms with E-state index in [0.717, 1.165) is 43.0 Å². The minimum absolute atomic E-state index is 0.0374. The molecule has 0 saturated carbocycles. The molecule has 0 radical (unpaired) electrons. The lowest BCUT2D eigenvalue weighted by Crippen LogP contribution is -2.26. The van der Waals surface area contributed by atoms with Crippen LogP contribution in [0.5, 0.6) is 5.75 Å². The molecule has 0 aliphatic carbocycles. The van der Waals surface area contributed by atoms with Gasteiger partial charge in [0.2, 0.25) is 0 Å². The number of aromatic nitrogens is 2. The van der Waals surface area contributed by atoms with E-state index in [2.05, 4.69) is 10.6 Å². The van der Waals surface area contributed by atoms with Crippen LogP contribution < -0.4 is 15.4 Å². The first-order chi connectivity index (χ1) is 13.6. The van der Waals surface area contributed by atoms with Crippen molar-refractivity contribution in [2.24, 2.45) is 0 Å². The van der Waals surface area contributed by atoms with Crippen LogP contribution in [-0.2, 0) is 0 Å². The summed E-state index contributed by atoms with van der Waals surface area (Å²) in [5.74, 6) is 0.816. The molecule has 3 heterocycles. The average molecular weight is 378 g/mol. The van der Waals surface area contributed by atoms with E-state index in [4.69, 9.17) is 9.72 Å². The number of benzene rings is 1. The van der Waals surface area contributed by atoms with E-state index in [0.29, 0.717) is 17.2 Å². The van der Waals surface area contributed by atoms with Gasteiger partial charge in [-0.3, -0.25) is 4.79 Å². The summed E-state index contributed by atoms with van der Waals surface area (Å²) in [7, 11) is 0. The lowest BCUT2D eigenvalue weighted by Gasteiger charge is -2.20. The number of fused-ring (bicyclic) bond motifs is 1. The van der Waals surface area contributed by atoms with Crippen molar-refractivity contribution < 1.29 is 9.53 Å². The Bertz CT molecular complexity index is 959. The maximum Gasteiger partial charge on any atom is 0.260 e. The quantitative estimate of drug-likeness (QED) is 0.708. The summed E-state index contributed by atoms with van der Waals surface area (Å²) in [6, 6.07) is 11.3. The summed E-state index contributed by atoms with van der Waals surface area (Å²) in [5.41, 5.74) is 3.14. The van der Waals surface area contributed by atoms with Crippen molar-refractivity contribution in [1.82, 2.24) is 14.7 Å². The van der Waals surface area contributed by atoms with Crippen molar-refractivity contribution in [3.63, 3.8) is 0 Å². The van der Waals surface area contributed by atoms with Crippen LogP contribution in [0.25, 0.3) is 5.65 Å². The van der Waals surface area contributed by atoms with Crippen molar-refractivity contribution in [3.05, 3.63) is 60.0 Å². The molecule has 146 valence electrons. The number of carbonyl (C=O) groups excluding carboxylic acids is 1. The number of rotatable bonds is 5. The molecule has 1 aromatic carbocycles. The van der Waals surface area contributed by atoms with Crippen LogP contribution in [0.1, 0.15) is 48.7 Å². The molecule has 2 N–H and O–H groups in total. The first-order valence-electron chi connectivity index (χ1n) is 9.86. The number of para-hydroxylation sites is 1. The van der Waals surface area contributed by atoms with Gasteiger partial charge in [0.25, 0.3) is 5.91 Å². The van der Waals surface area contributed by atoms with Gasteiger partial charge >= 0.3 is 0 Å². The number of carbonyl (C=O) groups is 1. The monoisotopic (exact) mass is 378 g/mol. The fourth-order valence-corrected chi connectivity index (χ4v) is 3.59. The number of hydrogen-bond donors (Lipinski definition) is 2.